The minimum Gasteiger partial charge on any atom is -0.347 e. The standard InChI is InChI=1S/C19H34N4O4/c1-15(2)11(24)20-16(3,4)13(26)22-18(7,8)19(9,10)23-14(27)17(5,6)21-12(15)25/h1-10H3,(H,20,24)(H,21,25)(H,22,26)(H,23,27). The second-order valence-corrected chi connectivity index (χ2v) is 9.94. The van der Waals surface area contributed by atoms with Crippen LogP contribution in [0.15, 0.2) is 0 Å². The van der Waals surface area contributed by atoms with Crippen LogP contribution in [0.1, 0.15) is 69.2 Å². The Balaban J connectivity index is 3.50. The third kappa shape index (κ3) is 4.42. The Morgan fingerprint density at radius 2 is 0.704 bits per heavy atom. The Morgan fingerprint density at radius 3 is 0.963 bits per heavy atom. The number of rotatable bonds is 0. The Kier molecular flexibility index (Phi) is 5.51. The van der Waals surface area contributed by atoms with Crippen molar-refractivity contribution in [2.24, 2.45) is 5.41 Å². The molecule has 1 fully saturated rings. The summed E-state index contributed by atoms with van der Waals surface area (Å²) in [6, 6.07) is 0. The zero-order chi connectivity index (χ0) is 21.6. The summed E-state index contributed by atoms with van der Waals surface area (Å²) in [5.41, 5.74) is -5.67. The molecule has 1 aliphatic heterocycles. The van der Waals surface area contributed by atoms with Crippen LogP contribution in [0.25, 0.3) is 0 Å². The molecule has 1 rings (SSSR count). The molecule has 0 bridgehead atoms. The maximum Gasteiger partial charge on any atom is 0.245 e. The van der Waals surface area contributed by atoms with E-state index < -0.39 is 51.2 Å². The van der Waals surface area contributed by atoms with E-state index in [2.05, 4.69) is 21.3 Å². The van der Waals surface area contributed by atoms with E-state index in [9.17, 15) is 19.2 Å². The maximum atomic E-state index is 12.8. The molecule has 4 N–H and O–H groups in total. The molecule has 0 aromatic rings. The number of nitrogens with one attached hydrogen (secondary N) is 4. The molecule has 27 heavy (non-hydrogen) atoms. The fourth-order valence-corrected chi connectivity index (χ4v) is 2.29. The number of carbonyl (C=O) groups is 4. The minimum absolute atomic E-state index is 0.419. The molecular weight excluding hydrogens is 348 g/mol. The summed E-state index contributed by atoms with van der Waals surface area (Å²) in [5.74, 6) is -2.05. The van der Waals surface area contributed by atoms with Gasteiger partial charge in [0.15, 0.2) is 0 Å². The predicted molar refractivity (Wildman–Crippen MR) is 103 cm³/mol. The van der Waals surface area contributed by atoms with Crippen LogP contribution in [0.4, 0.5) is 0 Å². The lowest BCUT2D eigenvalue weighted by atomic mass is 9.81. The van der Waals surface area contributed by atoms with Gasteiger partial charge in [0, 0.05) is 0 Å². The molecule has 0 saturated carbocycles. The highest BCUT2D eigenvalue weighted by molar-refractivity contribution is 6.07. The van der Waals surface area contributed by atoms with Crippen LogP contribution in [0.5, 0.6) is 0 Å². The lowest BCUT2D eigenvalue weighted by Crippen LogP contribution is -2.70. The van der Waals surface area contributed by atoms with Crippen molar-refractivity contribution in [2.45, 2.75) is 91.4 Å². The highest BCUT2D eigenvalue weighted by atomic mass is 16.2. The van der Waals surface area contributed by atoms with Crippen molar-refractivity contribution in [1.29, 1.82) is 0 Å². The van der Waals surface area contributed by atoms with Crippen LogP contribution >= 0.6 is 0 Å². The highest BCUT2D eigenvalue weighted by Crippen LogP contribution is 2.25. The predicted octanol–water partition coefficient (Wildman–Crippen LogP) is 0.605. The van der Waals surface area contributed by atoms with Gasteiger partial charge >= 0.3 is 0 Å². The van der Waals surface area contributed by atoms with E-state index in [1.54, 1.807) is 55.4 Å². The lowest BCUT2D eigenvalue weighted by molar-refractivity contribution is -0.146. The monoisotopic (exact) mass is 382 g/mol. The molecule has 0 aliphatic carbocycles. The van der Waals surface area contributed by atoms with Crippen LogP contribution in [-0.4, -0.2) is 45.8 Å². The smallest absolute Gasteiger partial charge is 0.245 e. The summed E-state index contributed by atoms with van der Waals surface area (Å²) in [6.45, 7) is 16.3. The molecule has 8 heteroatoms. The first-order valence-electron chi connectivity index (χ1n) is 9.07. The maximum absolute atomic E-state index is 12.8. The number of hydrogen-bond acceptors (Lipinski definition) is 4. The molecule has 0 radical (unpaired) electrons. The first kappa shape index (κ1) is 22.9. The van der Waals surface area contributed by atoms with Crippen molar-refractivity contribution in [3.63, 3.8) is 0 Å². The van der Waals surface area contributed by atoms with Crippen LogP contribution in [-0.2, 0) is 19.2 Å². The normalized spacial score (nSPS) is 26.9. The second kappa shape index (κ2) is 6.49. The molecule has 1 saturated heterocycles. The summed E-state index contributed by atoms with van der Waals surface area (Å²) >= 11 is 0. The second-order valence-electron chi connectivity index (χ2n) is 9.94. The van der Waals surface area contributed by atoms with E-state index in [4.69, 9.17) is 0 Å². The molecule has 0 spiro atoms. The van der Waals surface area contributed by atoms with E-state index in [1.807, 2.05) is 0 Å². The van der Waals surface area contributed by atoms with Crippen molar-refractivity contribution in [3.05, 3.63) is 0 Å². The molecule has 0 unspecified atom stereocenters. The summed E-state index contributed by atoms with van der Waals surface area (Å²) in [5, 5.41) is 11.1. The van der Waals surface area contributed by atoms with Gasteiger partial charge in [-0.15, -0.1) is 0 Å². The Morgan fingerprint density at radius 1 is 0.444 bits per heavy atom. The number of amides is 4. The number of carbonyl (C=O) groups excluding carboxylic acids is 4. The average Bonchev–Trinajstić information content (AvgIpc) is 2.43. The van der Waals surface area contributed by atoms with E-state index >= 15 is 0 Å². The van der Waals surface area contributed by atoms with Crippen LogP contribution in [0.3, 0.4) is 0 Å². The van der Waals surface area contributed by atoms with Gasteiger partial charge in [-0.3, -0.25) is 19.2 Å². The molecular formula is C19H34N4O4. The van der Waals surface area contributed by atoms with Gasteiger partial charge < -0.3 is 21.3 Å². The van der Waals surface area contributed by atoms with Gasteiger partial charge in [0.25, 0.3) is 0 Å². The van der Waals surface area contributed by atoms with Crippen LogP contribution < -0.4 is 21.3 Å². The van der Waals surface area contributed by atoms with E-state index in [0.717, 1.165) is 0 Å². The van der Waals surface area contributed by atoms with Gasteiger partial charge in [-0.05, 0) is 69.2 Å². The SMILES string of the molecule is CC1(C)NC(=O)C(C)(C)C(=O)NC(C)(C)C(=O)NC(C)(C)C(C)(C)NC1=O. The van der Waals surface area contributed by atoms with Gasteiger partial charge in [-0.1, -0.05) is 0 Å². The van der Waals surface area contributed by atoms with Crippen molar-refractivity contribution >= 4 is 23.6 Å². The first-order chi connectivity index (χ1) is 11.8. The average molecular weight is 383 g/mol. The highest BCUT2D eigenvalue weighted by Gasteiger charge is 2.48. The summed E-state index contributed by atoms with van der Waals surface area (Å²) in [6.07, 6.45) is 0. The first-order valence-corrected chi connectivity index (χ1v) is 9.07. The molecule has 0 aromatic carbocycles. The number of hydrogen-bond donors (Lipinski definition) is 4. The molecule has 154 valence electrons. The molecule has 0 atom stereocenters. The van der Waals surface area contributed by atoms with Gasteiger partial charge in [0.1, 0.15) is 16.5 Å². The molecule has 1 heterocycles. The van der Waals surface area contributed by atoms with Gasteiger partial charge in [-0.2, -0.15) is 0 Å². The Bertz CT molecular complexity index is 619. The molecule has 0 aromatic heterocycles. The lowest BCUT2D eigenvalue weighted by Gasteiger charge is -2.45. The Hall–Kier alpha value is -2.12. The zero-order valence-corrected chi connectivity index (χ0v) is 18.1. The zero-order valence-electron chi connectivity index (χ0n) is 18.1. The van der Waals surface area contributed by atoms with Crippen LogP contribution in [0, 0.1) is 5.41 Å². The van der Waals surface area contributed by atoms with E-state index in [1.165, 1.54) is 13.8 Å². The van der Waals surface area contributed by atoms with Gasteiger partial charge in [0.2, 0.25) is 23.6 Å². The van der Waals surface area contributed by atoms with Crippen molar-refractivity contribution in [3.8, 4) is 0 Å². The van der Waals surface area contributed by atoms with Crippen molar-refractivity contribution in [1.82, 2.24) is 21.3 Å². The van der Waals surface area contributed by atoms with E-state index in [0.29, 0.717) is 0 Å². The minimum atomic E-state index is -1.48. The molecule has 4 amide bonds. The fourth-order valence-electron chi connectivity index (χ4n) is 2.29. The quantitative estimate of drug-likeness (QED) is 0.459. The summed E-state index contributed by atoms with van der Waals surface area (Å²) < 4.78 is 0. The molecule has 8 nitrogen and oxygen atoms in total. The Labute approximate surface area is 161 Å². The topological polar surface area (TPSA) is 116 Å². The third-order valence-electron chi connectivity index (χ3n) is 5.54. The van der Waals surface area contributed by atoms with Crippen molar-refractivity contribution in [2.75, 3.05) is 0 Å². The summed E-state index contributed by atoms with van der Waals surface area (Å²) in [7, 11) is 0. The fraction of sp³-hybridized carbons (Fsp3) is 0.789. The van der Waals surface area contributed by atoms with Crippen molar-refractivity contribution < 1.29 is 19.2 Å². The van der Waals surface area contributed by atoms with E-state index in [-0.39, 0.29) is 0 Å². The van der Waals surface area contributed by atoms with Gasteiger partial charge in [-0.25, -0.2) is 0 Å². The third-order valence-corrected chi connectivity index (χ3v) is 5.54. The molecule has 1 aliphatic rings. The summed E-state index contributed by atoms with van der Waals surface area (Å²) in [4.78, 5) is 51.2. The van der Waals surface area contributed by atoms with Crippen LogP contribution in [0.2, 0.25) is 0 Å². The van der Waals surface area contributed by atoms with Gasteiger partial charge in [0.05, 0.1) is 11.1 Å². The largest absolute Gasteiger partial charge is 0.347 e.